The molecule has 0 atom stereocenters. The van der Waals surface area contributed by atoms with Gasteiger partial charge in [0, 0.05) is 21.2 Å². The molecule has 0 radical (unpaired) electrons. The fourth-order valence-corrected chi connectivity index (χ4v) is 3.31. The minimum Gasteiger partial charge on any atom is -0.340 e. The van der Waals surface area contributed by atoms with Crippen molar-refractivity contribution >= 4 is 56.6 Å². The van der Waals surface area contributed by atoms with E-state index < -0.39 is 0 Å². The molecular weight excluding hydrogens is 294 g/mol. The third kappa shape index (κ3) is 2.84. The lowest BCUT2D eigenvalue weighted by molar-refractivity contribution is 1.60. The van der Waals surface area contributed by atoms with E-state index in [0.717, 1.165) is 31.1 Å². The molecule has 0 amide bonds. The number of thioether (sulfide) groups is 1. The predicted molar refractivity (Wildman–Crippen MR) is 89.6 cm³/mol. The molecule has 1 aliphatic rings. The Bertz CT molecular complexity index is 665. The van der Waals surface area contributed by atoms with Crippen molar-refractivity contribution in [3.8, 4) is 0 Å². The molecule has 0 spiro atoms. The van der Waals surface area contributed by atoms with Crippen molar-refractivity contribution in [1.82, 2.24) is 0 Å². The van der Waals surface area contributed by atoms with E-state index in [1.54, 1.807) is 11.8 Å². The molecule has 0 saturated heterocycles. The third-order valence-electron chi connectivity index (χ3n) is 2.78. The predicted octanol–water partition coefficient (Wildman–Crippen LogP) is 5.28. The molecular formula is C15H10ClNS2. The summed E-state index contributed by atoms with van der Waals surface area (Å²) in [4.78, 5) is 1.12. The lowest BCUT2D eigenvalue weighted by Crippen LogP contribution is -2.11. The second kappa shape index (κ2) is 5.37. The molecule has 4 heteroatoms. The molecule has 2 aromatic rings. The van der Waals surface area contributed by atoms with E-state index >= 15 is 0 Å². The molecule has 1 heterocycles. The van der Waals surface area contributed by atoms with Gasteiger partial charge in [0.2, 0.25) is 0 Å². The molecule has 1 aliphatic heterocycles. The number of thiocarbonyl (C=S) groups is 1. The number of hydrogen-bond donors (Lipinski definition) is 1. The third-order valence-corrected chi connectivity index (χ3v) is 4.22. The van der Waals surface area contributed by atoms with Crippen LogP contribution < -0.4 is 5.32 Å². The van der Waals surface area contributed by atoms with Crippen LogP contribution in [0.5, 0.6) is 0 Å². The molecule has 0 aliphatic carbocycles. The van der Waals surface area contributed by atoms with Gasteiger partial charge in [-0.2, -0.15) is 0 Å². The van der Waals surface area contributed by atoms with Crippen LogP contribution in [0.15, 0.2) is 48.5 Å². The minimum absolute atomic E-state index is 0.730. The van der Waals surface area contributed by atoms with E-state index in [0.29, 0.717) is 0 Å². The van der Waals surface area contributed by atoms with E-state index in [4.69, 9.17) is 23.8 Å². The van der Waals surface area contributed by atoms with Crippen molar-refractivity contribution in [2.24, 2.45) is 0 Å². The fourth-order valence-electron chi connectivity index (χ4n) is 1.93. The molecule has 2 aromatic carbocycles. The Labute approximate surface area is 126 Å². The van der Waals surface area contributed by atoms with Crippen LogP contribution in [0.2, 0.25) is 5.02 Å². The molecule has 3 rings (SSSR count). The van der Waals surface area contributed by atoms with Crippen molar-refractivity contribution < 1.29 is 0 Å². The van der Waals surface area contributed by atoms with E-state index in [1.807, 2.05) is 36.4 Å². The Balaban J connectivity index is 2.10. The van der Waals surface area contributed by atoms with Gasteiger partial charge in [-0.25, -0.2) is 0 Å². The zero-order chi connectivity index (χ0) is 13.2. The lowest BCUT2D eigenvalue weighted by atomic mass is 10.1. The average Bonchev–Trinajstić information content (AvgIpc) is 2.41. The van der Waals surface area contributed by atoms with Crippen molar-refractivity contribution in [3.05, 3.63) is 64.7 Å². The Hall–Kier alpha value is -1.29. The highest BCUT2D eigenvalue weighted by Gasteiger charge is 2.18. The first-order chi connectivity index (χ1) is 9.22. The number of anilines is 1. The Kier molecular flexibility index (Phi) is 3.60. The molecule has 0 aromatic heterocycles. The van der Waals surface area contributed by atoms with E-state index in [1.165, 1.54) is 0 Å². The quantitative estimate of drug-likeness (QED) is 0.720. The zero-order valence-electron chi connectivity index (χ0n) is 9.89. The molecule has 19 heavy (non-hydrogen) atoms. The van der Waals surface area contributed by atoms with Gasteiger partial charge < -0.3 is 5.32 Å². The van der Waals surface area contributed by atoms with Crippen molar-refractivity contribution in [1.29, 1.82) is 0 Å². The fraction of sp³-hybridized carbons (Fsp3) is 0. The van der Waals surface area contributed by atoms with Gasteiger partial charge in [-0.15, -0.1) is 0 Å². The number of benzene rings is 2. The largest absolute Gasteiger partial charge is 0.340 e. The highest BCUT2D eigenvalue weighted by atomic mass is 35.5. The molecule has 0 fully saturated rings. The van der Waals surface area contributed by atoms with E-state index in [9.17, 15) is 0 Å². The Morgan fingerprint density at radius 2 is 1.89 bits per heavy atom. The monoisotopic (exact) mass is 303 g/mol. The number of halogens is 1. The highest BCUT2D eigenvalue weighted by molar-refractivity contribution is 8.29. The minimum atomic E-state index is 0.730. The molecule has 94 valence electrons. The zero-order valence-corrected chi connectivity index (χ0v) is 12.3. The van der Waals surface area contributed by atoms with Gasteiger partial charge in [-0.05, 0) is 29.8 Å². The maximum atomic E-state index is 6.08. The maximum Gasteiger partial charge on any atom is 0.143 e. The summed E-state index contributed by atoms with van der Waals surface area (Å²) >= 11 is 12.9. The summed E-state index contributed by atoms with van der Waals surface area (Å²) in [6.07, 6.45) is 2.13. The first-order valence-electron chi connectivity index (χ1n) is 5.78. The second-order valence-corrected chi connectivity index (χ2v) is 6.28. The molecule has 1 N–H and O–H groups in total. The van der Waals surface area contributed by atoms with Crippen LogP contribution in [0.4, 0.5) is 5.69 Å². The van der Waals surface area contributed by atoms with Gasteiger partial charge in [0.1, 0.15) is 4.32 Å². The van der Waals surface area contributed by atoms with Crippen LogP contribution >= 0.6 is 35.6 Å². The smallest absolute Gasteiger partial charge is 0.143 e. The summed E-state index contributed by atoms with van der Waals surface area (Å²) < 4.78 is 0.761. The number of fused-ring (bicyclic) bond motifs is 1. The summed E-state index contributed by atoms with van der Waals surface area (Å²) in [5.41, 5.74) is 3.26. The van der Waals surface area contributed by atoms with E-state index in [2.05, 4.69) is 23.5 Å². The van der Waals surface area contributed by atoms with Crippen LogP contribution in [0, 0.1) is 0 Å². The maximum absolute atomic E-state index is 6.08. The highest BCUT2D eigenvalue weighted by Crippen LogP contribution is 2.41. The normalized spacial score (nSPS) is 16.1. The summed E-state index contributed by atoms with van der Waals surface area (Å²) in [6.45, 7) is 0. The number of hydrogen-bond acceptors (Lipinski definition) is 2. The van der Waals surface area contributed by atoms with Gasteiger partial charge in [-0.1, -0.05) is 65.9 Å². The van der Waals surface area contributed by atoms with Gasteiger partial charge in [0.15, 0.2) is 0 Å². The van der Waals surface area contributed by atoms with Crippen molar-refractivity contribution in [3.63, 3.8) is 0 Å². The van der Waals surface area contributed by atoms with Gasteiger partial charge in [0.05, 0.1) is 0 Å². The van der Waals surface area contributed by atoms with E-state index in [-0.39, 0.29) is 0 Å². The summed E-state index contributed by atoms with van der Waals surface area (Å²) in [7, 11) is 0. The van der Waals surface area contributed by atoms with Crippen LogP contribution in [-0.2, 0) is 0 Å². The summed E-state index contributed by atoms with van der Waals surface area (Å²) in [5.74, 6) is 0. The Morgan fingerprint density at radius 3 is 2.68 bits per heavy atom. The lowest BCUT2D eigenvalue weighted by Gasteiger charge is -2.21. The van der Waals surface area contributed by atoms with Crippen LogP contribution in [-0.4, -0.2) is 4.32 Å². The first-order valence-corrected chi connectivity index (χ1v) is 7.38. The molecule has 1 nitrogen and oxygen atoms in total. The Morgan fingerprint density at radius 1 is 1.11 bits per heavy atom. The topological polar surface area (TPSA) is 12.0 Å². The number of rotatable bonds is 1. The van der Waals surface area contributed by atoms with Crippen LogP contribution in [0.3, 0.4) is 0 Å². The average molecular weight is 304 g/mol. The van der Waals surface area contributed by atoms with Gasteiger partial charge >= 0.3 is 0 Å². The molecule has 0 bridgehead atoms. The van der Waals surface area contributed by atoms with Crippen LogP contribution in [0.1, 0.15) is 11.1 Å². The van der Waals surface area contributed by atoms with Crippen LogP contribution in [0.25, 0.3) is 11.0 Å². The summed E-state index contributed by atoms with van der Waals surface area (Å²) in [6, 6.07) is 16.0. The second-order valence-electron chi connectivity index (χ2n) is 4.12. The van der Waals surface area contributed by atoms with Crippen molar-refractivity contribution in [2.75, 3.05) is 5.32 Å². The van der Waals surface area contributed by atoms with Gasteiger partial charge in [0.25, 0.3) is 0 Å². The number of nitrogens with one attached hydrogen (secondary N) is 1. The molecule has 0 saturated carbocycles. The van der Waals surface area contributed by atoms with Crippen molar-refractivity contribution in [2.45, 2.75) is 0 Å². The SMILES string of the molecule is S=C1Nc2ccc(Cl)cc2/C(=C/c2ccccc2)S1. The first kappa shape index (κ1) is 12.7. The van der Waals surface area contributed by atoms with Gasteiger partial charge in [-0.3, -0.25) is 0 Å². The standard InChI is InChI=1S/C15H10ClNS2/c16-11-6-7-13-12(9-11)14(19-15(18)17-13)8-10-4-2-1-3-5-10/h1-9H,(H,17,18)/b14-8-. The summed E-state index contributed by atoms with van der Waals surface area (Å²) in [5, 5.41) is 3.93. The molecule has 0 unspecified atom stereocenters.